The summed E-state index contributed by atoms with van der Waals surface area (Å²) in [6, 6.07) is 8.57. The molecule has 0 spiro atoms. The molecule has 1 aliphatic rings. The molecule has 0 aliphatic carbocycles. The zero-order valence-electron chi connectivity index (χ0n) is 14.1. The highest BCUT2D eigenvalue weighted by atomic mass is 16.6. The molecule has 1 aliphatic heterocycles. The highest BCUT2D eigenvalue weighted by molar-refractivity contribution is 5.69. The first-order valence-electron chi connectivity index (χ1n) is 7.66. The lowest BCUT2D eigenvalue weighted by molar-refractivity contribution is 0.00434. The van der Waals surface area contributed by atoms with Gasteiger partial charge < -0.3 is 19.7 Å². The van der Waals surface area contributed by atoms with Crippen LogP contribution in [-0.2, 0) is 4.74 Å². The van der Waals surface area contributed by atoms with E-state index < -0.39 is 5.60 Å². The van der Waals surface area contributed by atoms with Crippen molar-refractivity contribution in [3.05, 3.63) is 29.8 Å². The molecule has 1 aromatic rings. The number of carbonyl (C=O) groups is 1. The van der Waals surface area contributed by atoms with E-state index in [1.807, 2.05) is 32.9 Å². The molecule has 0 radical (unpaired) electrons. The van der Waals surface area contributed by atoms with Crippen LogP contribution < -0.4 is 10.1 Å². The van der Waals surface area contributed by atoms with Crippen molar-refractivity contribution < 1.29 is 14.3 Å². The SMILES string of the molecule is COc1ccc(C(C)NC2CN(C(=O)OC(C)(C)C)C2)cc1. The monoisotopic (exact) mass is 306 g/mol. The summed E-state index contributed by atoms with van der Waals surface area (Å²) in [6.07, 6.45) is -0.234. The van der Waals surface area contributed by atoms with Gasteiger partial charge in [-0.25, -0.2) is 4.79 Å². The second-order valence-electron chi connectivity index (χ2n) is 6.74. The van der Waals surface area contributed by atoms with Gasteiger partial charge in [-0.05, 0) is 45.4 Å². The minimum Gasteiger partial charge on any atom is -0.497 e. The molecule has 1 aromatic carbocycles. The molecule has 0 bridgehead atoms. The molecule has 1 unspecified atom stereocenters. The standard InChI is InChI=1S/C17H26N2O3/c1-12(13-6-8-15(21-5)9-7-13)18-14-10-19(11-14)16(20)22-17(2,3)4/h6-9,12,14,18H,10-11H2,1-5H3. The van der Waals surface area contributed by atoms with Crippen LogP contribution in [0.3, 0.4) is 0 Å². The quantitative estimate of drug-likeness (QED) is 0.929. The number of rotatable bonds is 4. The molecule has 5 nitrogen and oxygen atoms in total. The van der Waals surface area contributed by atoms with Crippen LogP contribution in [0.5, 0.6) is 5.75 Å². The van der Waals surface area contributed by atoms with Gasteiger partial charge in [-0.2, -0.15) is 0 Å². The minimum absolute atomic E-state index is 0.233. The summed E-state index contributed by atoms with van der Waals surface area (Å²) < 4.78 is 10.5. The van der Waals surface area contributed by atoms with Gasteiger partial charge >= 0.3 is 6.09 Å². The van der Waals surface area contributed by atoms with E-state index in [9.17, 15) is 4.79 Å². The van der Waals surface area contributed by atoms with Gasteiger partial charge in [0.05, 0.1) is 7.11 Å². The van der Waals surface area contributed by atoms with E-state index in [0.717, 1.165) is 5.75 Å². The number of likely N-dealkylation sites (tertiary alicyclic amines) is 1. The lowest BCUT2D eigenvalue weighted by atomic mass is 10.0. The first kappa shape index (κ1) is 16.6. The summed E-state index contributed by atoms with van der Waals surface area (Å²) in [5.41, 5.74) is 0.767. The topological polar surface area (TPSA) is 50.8 Å². The Morgan fingerprint density at radius 1 is 1.27 bits per heavy atom. The van der Waals surface area contributed by atoms with E-state index in [0.29, 0.717) is 19.1 Å². The van der Waals surface area contributed by atoms with Crippen LogP contribution in [0.4, 0.5) is 4.79 Å². The smallest absolute Gasteiger partial charge is 0.410 e. The van der Waals surface area contributed by atoms with Crippen LogP contribution in [0.25, 0.3) is 0 Å². The number of nitrogens with zero attached hydrogens (tertiary/aromatic N) is 1. The summed E-state index contributed by atoms with van der Waals surface area (Å²) >= 11 is 0. The molecule has 5 heteroatoms. The summed E-state index contributed by atoms with van der Waals surface area (Å²) in [6.45, 7) is 9.15. The fourth-order valence-electron chi connectivity index (χ4n) is 2.40. The van der Waals surface area contributed by atoms with Gasteiger partial charge in [0.15, 0.2) is 0 Å². The molecule has 22 heavy (non-hydrogen) atoms. The Hall–Kier alpha value is -1.75. The zero-order valence-corrected chi connectivity index (χ0v) is 14.1. The number of hydrogen-bond acceptors (Lipinski definition) is 4. The van der Waals surface area contributed by atoms with Gasteiger partial charge in [0, 0.05) is 25.2 Å². The first-order valence-corrected chi connectivity index (χ1v) is 7.66. The van der Waals surface area contributed by atoms with Crippen molar-refractivity contribution in [2.75, 3.05) is 20.2 Å². The van der Waals surface area contributed by atoms with Crippen molar-refractivity contribution in [2.24, 2.45) is 0 Å². The molecule has 1 amide bonds. The van der Waals surface area contributed by atoms with Crippen LogP contribution in [0.2, 0.25) is 0 Å². The number of hydrogen-bond donors (Lipinski definition) is 1. The number of carbonyl (C=O) groups excluding carboxylic acids is 1. The van der Waals surface area contributed by atoms with Crippen molar-refractivity contribution in [2.45, 2.75) is 45.4 Å². The molecule has 1 saturated heterocycles. The van der Waals surface area contributed by atoms with Crippen molar-refractivity contribution in [1.82, 2.24) is 10.2 Å². The lowest BCUT2D eigenvalue weighted by Crippen LogP contribution is -2.60. The highest BCUT2D eigenvalue weighted by Gasteiger charge is 2.34. The number of ether oxygens (including phenoxy) is 2. The molecule has 0 aromatic heterocycles. The molecular formula is C17H26N2O3. The fourth-order valence-corrected chi connectivity index (χ4v) is 2.40. The maximum absolute atomic E-state index is 11.9. The average Bonchev–Trinajstić information content (AvgIpc) is 2.40. The number of nitrogens with one attached hydrogen (secondary N) is 1. The molecule has 2 rings (SSSR count). The van der Waals surface area contributed by atoms with E-state index in [-0.39, 0.29) is 12.1 Å². The number of benzene rings is 1. The Labute approximate surface area is 132 Å². The predicted octanol–water partition coefficient (Wildman–Crippen LogP) is 2.97. The minimum atomic E-state index is -0.439. The van der Waals surface area contributed by atoms with Gasteiger partial charge in [-0.1, -0.05) is 12.1 Å². The van der Waals surface area contributed by atoms with Crippen LogP contribution in [0.1, 0.15) is 39.3 Å². The van der Waals surface area contributed by atoms with E-state index in [1.165, 1.54) is 5.56 Å². The Balaban J connectivity index is 1.78. The van der Waals surface area contributed by atoms with E-state index >= 15 is 0 Å². The summed E-state index contributed by atoms with van der Waals surface area (Å²) in [5, 5.41) is 3.53. The maximum atomic E-state index is 11.9. The zero-order chi connectivity index (χ0) is 16.3. The molecular weight excluding hydrogens is 280 g/mol. The lowest BCUT2D eigenvalue weighted by Gasteiger charge is -2.41. The fraction of sp³-hybridized carbons (Fsp3) is 0.588. The third kappa shape index (κ3) is 4.37. The predicted molar refractivity (Wildman–Crippen MR) is 86.1 cm³/mol. The van der Waals surface area contributed by atoms with Crippen LogP contribution in [0.15, 0.2) is 24.3 Å². The first-order chi connectivity index (χ1) is 10.3. The second kappa shape index (κ2) is 6.57. The maximum Gasteiger partial charge on any atom is 0.410 e. The Kier molecular flexibility index (Phi) is 4.96. The molecule has 0 saturated carbocycles. The van der Waals surface area contributed by atoms with Gasteiger partial charge in [0.25, 0.3) is 0 Å². The largest absolute Gasteiger partial charge is 0.497 e. The van der Waals surface area contributed by atoms with E-state index in [1.54, 1.807) is 12.0 Å². The Morgan fingerprint density at radius 3 is 2.36 bits per heavy atom. The van der Waals surface area contributed by atoms with Gasteiger partial charge in [-0.15, -0.1) is 0 Å². The molecule has 1 N–H and O–H groups in total. The van der Waals surface area contributed by atoms with Crippen LogP contribution in [-0.4, -0.2) is 42.8 Å². The van der Waals surface area contributed by atoms with Crippen molar-refractivity contribution in [3.63, 3.8) is 0 Å². The van der Waals surface area contributed by atoms with Gasteiger partial charge in [-0.3, -0.25) is 0 Å². The summed E-state index contributed by atoms with van der Waals surface area (Å²) in [5.74, 6) is 0.857. The molecule has 1 heterocycles. The van der Waals surface area contributed by atoms with Gasteiger partial charge in [0.2, 0.25) is 0 Å². The van der Waals surface area contributed by atoms with Crippen molar-refractivity contribution in [3.8, 4) is 5.75 Å². The van der Waals surface area contributed by atoms with Gasteiger partial charge in [0.1, 0.15) is 11.4 Å². The molecule has 122 valence electrons. The third-order valence-electron chi connectivity index (χ3n) is 3.63. The highest BCUT2D eigenvalue weighted by Crippen LogP contribution is 2.20. The van der Waals surface area contributed by atoms with Crippen LogP contribution >= 0.6 is 0 Å². The van der Waals surface area contributed by atoms with E-state index in [2.05, 4.69) is 24.4 Å². The summed E-state index contributed by atoms with van der Waals surface area (Å²) in [7, 11) is 1.66. The normalized spacial score (nSPS) is 16.9. The van der Waals surface area contributed by atoms with Crippen molar-refractivity contribution in [1.29, 1.82) is 0 Å². The Morgan fingerprint density at radius 2 is 1.86 bits per heavy atom. The van der Waals surface area contributed by atoms with Crippen molar-refractivity contribution >= 4 is 6.09 Å². The average molecular weight is 306 g/mol. The third-order valence-corrected chi connectivity index (χ3v) is 3.63. The Bertz CT molecular complexity index is 502. The number of methoxy groups -OCH3 is 1. The molecule has 1 atom stereocenters. The molecule has 1 fully saturated rings. The number of amides is 1. The second-order valence-corrected chi connectivity index (χ2v) is 6.74. The van der Waals surface area contributed by atoms with E-state index in [4.69, 9.17) is 9.47 Å². The van der Waals surface area contributed by atoms with Crippen LogP contribution in [0, 0.1) is 0 Å². The summed E-state index contributed by atoms with van der Waals surface area (Å²) in [4.78, 5) is 13.6.